The van der Waals surface area contributed by atoms with Gasteiger partial charge in [-0.1, -0.05) is 44.2 Å². The fraction of sp³-hybridized carbons (Fsp3) is 0.462. The van der Waals surface area contributed by atoms with Crippen molar-refractivity contribution in [2.75, 3.05) is 46.9 Å². The summed E-state index contributed by atoms with van der Waals surface area (Å²) in [6.45, 7) is 13.8. The maximum Gasteiger partial charge on any atom is 0.264 e. The first-order valence-electron chi connectivity index (χ1n) is 16.9. The topological polar surface area (TPSA) is 91.0 Å². The molecule has 0 N–H and O–H groups in total. The number of hydrogen-bond acceptors (Lipinski definition) is 7. The van der Waals surface area contributed by atoms with Crippen molar-refractivity contribution in [2.45, 2.75) is 59.7 Å². The van der Waals surface area contributed by atoms with Gasteiger partial charge in [0.1, 0.15) is 23.1 Å². The lowest BCUT2D eigenvalue weighted by atomic mass is 9.97. The first-order valence-corrected chi connectivity index (χ1v) is 16.9. The Morgan fingerprint density at radius 1 is 0.979 bits per heavy atom. The molecule has 0 spiro atoms. The second-order valence-electron chi connectivity index (χ2n) is 13.5. The van der Waals surface area contributed by atoms with Crippen molar-refractivity contribution < 1.29 is 14.3 Å². The van der Waals surface area contributed by atoms with Crippen LogP contribution in [-0.4, -0.2) is 72.1 Å². The Balaban J connectivity index is 1.25. The summed E-state index contributed by atoms with van der Waals surface area (Å²) < 4.78 is 13.4. The fourth-order valence-electron chi connectivity index (χ4n) is 7.05. The molecule has 2 aliphatic rings. The maximum absolute atomic E-state index is 13.3. The summed E-state index contributed by atoms with van der Waals surface area (Å²) in [7, 11) is 5.17. The number of likely N-dealkylation sites (tertiary alicyclic amines) is 1. The Labute approximate surface area is 285 Å². The van der Waals surface area contributed by atoms with Crippen LogP contribution in [0.1, 0.15) is 60.5 Å². The van der Waals surface area contributed by atoms with Crippen molar-refractivity contribution in [1.29, 1.82) is 5.26 Å². The van der Waals surface area contributed by atoms with Crippen LogP contribution in [0, 0.1) is 31.1 Å². The molecule has 2 aliphatic heterocycles. The van der Waals surface area contributed by atoms with Crippen molar-refractivity contribution in [1.82, 2.24) is 19.3 Å². The van der Waals surface area contributed by atoms with Crippen molar-refractivity contribution >= 4 is 5.91 Å². The third kappa shape index (κ3) is 7.51. The minimum absolute atomic E-state index is 0.00340. The number of carbonyl (C=O) groups is 1. The number of methoxy groups -OCH3 is 2. The van der Waals surface area contributed by atoms with Crippen LogP contribution in [0.2, 0.25) is 0 Å². The van der Waals surface area contributed by atoms with Crippen LogP contribution in [0.5, 0.6) is 11.5 Å². The van der Waals surface area contributed by atoms with Crippen LogP contribution in [0.4, 0.5) is 0 Å². The molecule has 0 bridgehead atoms. The molecule has 3 heterocycles. The summed E-state index contributed by atoms with van der Waals surface area (Å²) in [5.41, 5.74) is 7.28. The third-order valence-electron chi connectivity index (χ3n) is 9.80. The number of amides is 1. The standard InChI is InChI=1S/C39H49N5O4/c1-26(2)18-32(22-40)39(46)44-13-9-12-35(44)30-11-8-10-29(19-30)23-42-14-16-43(17-15-42)25-34-36(47-6)20-31(21-37(34)48-7)33-24-41(5)38(45)28(4)27(33)3/h8,10-11,18-21,24,26,35H,9,12-17,23,25H2,1-7H3/b32-18+. The second-order valence-corrected chi connectivity index (χ2v) is 13.5. The number of benzene rings is 2. The van der Waals surface area contributed by atoms with E-state index in [0.29, 0.717) is 13.1 Å². The van der Waals surface area contributed by atoms with Gasteiger partial charge in [-0.2, -0.15) is 5.26 Å². The summed E-state index contributed by atoms with van der Waals surface area (Å²) in [6.07, 6.45) is 5.50. The van der Waals surface area contributed by atoms with Gasteiger partial charge in [-0.15, -0.1) is 0 Å². The van der Waals surface area contributed by atoms with Crippen LogP contribution in [-0.2, 0) is 24.9 Å². The maximum atomic E-state index is 13.3. The smallest absolute Gasteiger partial charge is 0.264 e. The van der Waals surface area contributed by atoms with Gasteiger partial charge in [0.2, 0.25) is 0 Å². The Hall–Kier alpha value is -4.39. The van der Waals surface area contributed by atoms with E-state index in [4.69, 9.17) is 9.47 Å². The van der Waals surface area contributed by atoms with E-state index < -0.39 is 0 Å². The Bertz CT molecular complexity index is 1750. The molecule has 2 aromatic carbocycles. The summed E-state index contributed by atoms with van der Waals surface area (Å²) in [6, 6.07) is 14.8. The van der Waals surface area contributed by atoms with Crippen molar-refractivity contribution in [3.63, 3.8) is 0 Å². The average Bonchev–Trinajstić information content (AvgIpc) is 3.59. The summed E-state index contributed by atoms with van der Waals surface area (Å²) in [5, 5.41) is 9.63. The van der Waals surface area contributed by atoms with E-state index in [9.17, 15) is 14.9 Å². The average molecular weight is 652 g/mol. The number of aryl methyl sites for hydroxylation is 1. The molecule has 5 rings (SSSR count). The zero-order valence-corrected chi connectivity index (χ0v) is 29.5. The van der Waals surface area contributed by atoms with E-state index in [1.165, 1.54) is 5.56 Å². The van der Waals surface area contributed by atoms with E-state index in [1.54, 1.807) is 31.9 Å². The highest BCUT2D eigenvalue weighted by Gasteiger charge is 2.32. The van der Waals surface area contributed by atoms with Gasteiger partial charge in [0.15, 0.2) is 0 Å². The highest BCUT2D eigenvalue weighted by atomic mass is 16.5. The second kappa shape index (κ2) is 15.2. The number of nitrogens with zero attached hydrogens (tertiary/aromatic N) is 5. The van der Waals surface area contributed by atoms with Gasteiger partial charge < -0.3 is 18.9 Å². The minimum atomic E-state index is -0.157. The van der Waals surface area contributed by atoms with E-state index in [1.807, 2.05) is 50.9 Å². The molecule has 0 radical (unpaired) electrons. The predicted molar refractivity (Wildman–Crippen MR) is 189 cm³/mol. The molecule has 1 amide bonds. The lowest BCUT2D eigenvalue weighted by Crippen LogP contribution is -2.45. The normalized spacial score (nSPS) is 17.5. The highest BCUT2D eigenvalue weighted by Crippen LogP contribution is 2.38. The lowest BCUT2D eigenvalue weighted by molar-refractivity contribution is -0.127. The quantitative estimate of drug-likeness (QED) is 0.203. The number of aromatic nitrogens is 1. The summed E-state index contributed by atoms with van der Waals surface area (Å²) in [4.78, 5) is 32.5. The molecule has 1 unspecified atom stereocenters. The van der Waals surface area contributed by atoms with Crippen LogP contribution in [0.3, 0.4) is 0 Å². The zero-order chi connectivity index (χ0) is 34.5. The van der Waals surface area contributed by atoms with Crippen molar-refractivity contribution in [2.24, 2.45) is 13.0 Å². The molecule has 0 saturated carbocycles. The van der Waals surface area contributed by atoms with Gasteiger partial charge >= 0.3 is 0 Å². The minimum Gasteiger partial charge on any atom is -0.496 e. The van der Waals surface area contributed by atoms with Gasteiger partial charge in [0.25, 0.3) is 11.5 Å². The molecular formula is C39H49N5O4. The van der Waals surface area contributed by atoms with Crippen LogP contribution in [0.15, 0.2) is 59.0 Å². The molecule has 2 fully saturated rings. The predicted octanol–water partition coefficient (Wildman–Crippen LogP) is 5.77. The lowest BCUT2D eigenvalue weighted by Gasteiger charge is -2.35. The summed E-state index contributed by atoms with van der Waals surface area (Å²) >= 11 is 0. The van der Waals surface area contributed by atoms with Gasteiger partial charge in [-0.25, -0.2) is 0 Å². The summed E-state index contributed by atoms with van der Waals surface area (Å²) in [5.74, 6) is 1.53. The monoisotopic (exact) mass is 651 g/mol. The SMILES string of the molecule is COc1cc(-c2cn(C)c(=O)c(C)c2C)cc(OC)c1CN1CCN(Cc2cccc(C3CCCN3C(=O)/C(C#N)=C/C(C)C)c2)CC1. The van der Waals surface area contributed by atoms with Crippen LogP contribution >= 0.6 is 0 Å². The Morgan fingerprint density at radius 3 is 2.23 bits per heavy atom. The first-order chi connectivity index (χ1) is 23.0. The van der Waals surface area contributed by atoms with E-state index >= 15 is 0 Å². The molecule has 9 heteroatoms. The van der Waals surface area contributed by atoms with Gasteiger partial charge in [0.05, 0.1) is 25.8 Å². The molecule has 3 aromatic rings. The number of allylic oxidation sites excluding steroid dienone is 1. The fourth-order valence-corrected chi connectivity index (χ4v) is 7.05. The number of nitriles is 1. The van der Waals surface area contributed by atoms with Gasteiger partial charge in [-0.05, 0) is 67.0 Å². The number of rotatable bonds is 10. The van der Waals surface area contributed by atoms with Crippen molar-refractivity contribution in [3.8, 4) is 28.7 Å². The van der Waals surface area contributed by atoms with Crippen LogP contribution < -0.4 is 15.0 Å². The molecule has 1 aromatic heterocycles. The molecule has 2 saturated heterocycles. The van der Waals surface area contributed by atoms with Crippen LogP contribution in [0.25, 0.3) is 11.1 Å². The number of pyridine rings is 1. The van der Waals surface area contributed by atoms with Gasteiger partial charge in [-0.3, -0.25) is 19.4 Å². The number of carbonyl (C=O) groups excluding carboxylic acids is 1. The van der Waals surface area contributed by atoms with E-state index in [-0.39, 0.29) is 29.0 Å². The number of hydrogen-bond donors (Lipinski definition) is 0. The molecule has 48 heavy (non-hydrogen) atoms. The molecule has 9 nitrogen and oxygen atoms in total. The van der Waals surface area contributed by atoms with E-state index in [2.05, 4.69) is 40.1 Å². The van der Waals surface area contributed by atoms with Crippen molar-refractivity contribution in [3.05, 3.63) is 92.4 Å². The first kappa shape index (κ1) is 34.9. The number of piperazine rings is 1. The van der Waals surface area contributed by atoms with E-state index in [0.717, 1.165) is 90.4 Å². The Kier molecular flexibility index (Phi) is 11.1. The Morgan fingerprint density at radius 2 is 1.62 bits per heavy atom. The molecule has 0 aliphatic carbocycles. The molecule has 1 atom stereocenters. The largest absolute Gasteiger partial charge is 0.496 e. The molecular weight excluding hydrogens is 602 g/mol. The zero-order valence-electron chi connectivity index (χ0n) is 29.5. The van der Waals surface area contributed by atoms with Gasteiger partial charge in [0, 0.05) is 70.2 Å². The number of ether oxygens (including phenoxy) is 2. The third-order valence-corrected chi connectivity index (χ3v) is 9.80. The molecule has 254 valence electrons. The highest BCUT2D eigenvalue weighted by molar-refractivity contribution is 5.97.